The second-order valence-electron chi connectivity index (χ2n) is 5.92. The molecule has 1 heterocycles. The van der Waals surface area contributed by atoms with Crippen molar-refractivity contribution >= 4 is 5.71 Å². The zero-order chi connectivity index (χ0) is 19.6. The zero-order valence-electron chi connectivity index (χ0n) is 16.5. The van der Waals surface area contributed by atoms with Crippen molar-refractivity contribution in [3.8, 4) is 17.4 Å². The molecule has 2 rings (SSSR count). The van der Waals surface area contributed by atoms with Crippen LogP contribution in [0.5, 0.6) is 17.4 Å². The molecule has 27 heavy (non-hydrogen) atoms. The Morgan fingerprint density at radius 1 is 1.11 bits per heavy atom. The first kappa shape index (κ1) is 20.3. The highest BCUT2D eigenvalue weighted by atomic mass is 16.7. The lowest BCUT2D eigenvalue weighted by atomic mass is 10.1. The highest BCUT2D eigenvalue weighted by Crippen LogP contribution is 2.28. The molecule has 2 aromatic rings. The van der Waals surface area contributed by atoms with Gasteiger partial charge in [0.2, 0.25) is 12.7 Å². The summed E-state index contributed by atoms with van der Waals surface area (Å²) in [6.45, 7) is 8.40. The van der Waals surface area contributed by atoms with Gasteiger partial charge in [-0.3, -0.25) is 0 Å². The van der Waals surface area contributed by atoms with Crippen LogP contribution in [0, 0.1) is 13.8 Å². The number of nitrogens with zero attached hydrogens (tertiary/aromatic N) is 2. The van der Waals surface area contributed by atoms with E-state index in [-0.39, 0.29) is 6.79 Å². The van der Waals surface area contributed by atoms with Gasteiger partial charge in [-0.05, 0) is 57.0 Å². The molecule has 6 heteroatoms. The summed E-state index contributed by atoms with van der Waals surface area (Å²) >= 11 is 0. The van der Waals surface area contributed by atoms with Crippen molar-refractivity contribution in [1.29, 1.82) is 0 Å². The molecule has 0 saturated carbocycles. The topological polar surface area (TPSA) is 62.2 Å². The summed E-state index contributed by atoms with van der Waals surface area (Å²) in [5.41, 5.74) is 3.59. The average Bonchev–Trinajstić information content (AvgIpc) is 2.65. The molecule has 0 bridgehead atoms. The van der Waals surface area contributed by atoms with Crippen LogP contribution in [0.2, 0.25) is 0 Å². The summed E-state index contributed by atoms with van der Waals surface area (Å²) in [4.78, 5) is 9.01. The summed E-state index contributed by atoms with van der Waals surface area (Å²) in [7, 11) is 1.51. The standard InChI is InChI=1S/C21H26N2O4/c1-6-7-10-25-19-11-15(2)21(16(3)12-19)27-14-26-20-9-8-18(13-22-20)17(4)23-24-5/h6-9,11-13H,10,14H2,1-5H3/b7-6+,23-17+. The molecular weight excluding hydrogens is 344 g/mol. The van der Waals surface area contributed by atoms with Crippen LogP contribution >= 0.6 is 0 Å². The van der Waals surface area contributed by atoms with Crippen molar-refractivity contribution in [3.63, 3.8) is 0 Å². The summed E-state index contributed by atoms with van der Waals surface area (Å²) in [5.74, 6) is 2.08. The summed E-state index contributed by atoms with van der Waals surface area (Å²) < 4.78 is 17.1. The van der Waals surface area contributed by atoms with E-state index in [4.69, 9.17) is 19.0 Å². The van der Waals surface area contributed by atoms with Gasteiger partial charge in [-0.2, -0.15) is 0 Å². The van der Waals surface area contributed by atoms with Crippen molar-refractivity contribution in [2.75, 3.05) is 20.5 Å². The van der Waals surface area contributed by atoms with E-state index in [1.165, 1.54) is 7.11 Å². The lowest BCUT2D eigenvalue weighted by Crippen LogP contribution is -2.09. The molecule has 0 saturated heterocycles. The second-order valence-corrected chi connectivity index (χ2v) is 5.92. The number of rotatable bonds is 9. The van der Waals surface area contributed by atoms with Gasteiger partial charge in [0.15, 0.2) is 0 Å². The fraction of sp³-hybridized carbons (Fsp3) is 0.333. The third kappa shape index (κ3) is 6.02. The van der Waals surface area contributed by atoms with Crippen molar-refractivity contribution in [3.05, 3.63) is 59.3 Å². The summed E-state index contributed by atoms with van der Waals surface area (Å²) in [6, 6.07) is 7.55. The number of benzene rings is 1. The maximum atomic E-state index is 5.79. The van der Waals surface area contributed by atoms with E-state index >= 15 is 0 Å². The molecule has 1 aromatic heterocycles. The molecular formula is C21H26N2O4. The van der Waals surface area contributed by atoms with Crippen LogP contribution in [0.1, 0.15) is 30.5 Å². The van der Waals surface area contributed by atoms with Crippen molar-refractivity contribution in [1.82, 2.24) is 4.98 Å². The number of allylic oxidation sites excluding steroid dienone is 1. The second kappa shape index (κ2) is 10.2. The van der Waals surface area contributed by atoms with Crippen LogP contribution in [0.4, 0.5) is 0 Å². The van der Waals surface area contributed by atoms with Crippen LogP contribution in [-0.4, -0.2) is 31.2 Å². The van der Waals surface area contributed by atoms with E-state index in [0.29, 0.717) is 12.5 Å². The number of aryl methyl sites for hydroxylation is 2. The molecule has 0 fully saturated rings. The number of ether oxygens (including phenoxy) is 3. The Morgan fingerprint density at radius 2 is 1.85 bits per heavy atom. The van der Waals surface area contributed by atoms with E-state index in [9.17, 15) is 0 Å². The van der Waals surface area contributed by atoms with Gasteiger partial charge in [0, 0.05) is 17.8 Å². The fourth-order valence-corrected chi connectivity index (χ4v) is 2.48. The van der Waals surface area contributed by atoms with E-state index < -0.39 is 0 Å². The van der Waals surface area contributed by atoms with E-state index in [1.54, 1.807) is 12.3 Å². The average molecular weight is 370 g/mol. The number of hydrogen-bond donors (Lipinski definition) is 0. The van der Waals surface area contributed by atoms with Crippen LogP contribution in [0.3, 0.4) is 0 Å². The van der Waals surface area contributed by atoms with E-state index in [2.05, 4.69) is 10.1 Å². The van der Waals surface area contributed by atoms with Crippen molar-refractivity contribution in [2.24, 2.45) is 5.16 Å². The minimum Gasteiger partial charge on any atom is -0.490 e. The first-order chi connectivity index (χ1) is 13.0. The van der Waals surface area contributed by atoms with Gasteiger partial charge in [-0.1, -0.05) is 17.3 Å². The molecule has 0 aliphatic rings. The number of aromatic nitrogens is 1. The number of oxime groups is 1. The van der Waals surface area contributed by atoms with Gasteiger partial charge in [0.25, 0.3) is 0 Å². The Balaban J connectivity index is 1.94. The molecule has 0 atom stereocenters. The predicted molar refractivity (Wildman–Crippen MR) is 106 cm³/mol. The fourth-order valence-electron chi connectivity index (χ4n) is 2.48. The predicted octanol–water partition coefficient (Wildman–Crippen LogP) is 4.44. The third-order valence-electron chi connectivity index (χ3n) is 3.81. The molecule has 0 N–H and O–H groups in total. The van der Waals surface area contributed by atoms with Gasteiger partial charge in [0.1, 0.15) is 25.2 Å². The lowest BCUT2D eigenvalue weighted by molar-refractivity contribution is 0.113. The Labute approximate surface area is 160 Å². The third-order valence-corrected chi connectivity index (χ3v) is 3.81. The highest BCUT2D eigenvalue weighted by Gasteiger charge is 2.08. The normalized spacial score (nSPS) is 11.5. The van der Waals surface area contributed by atoms with Crippen LogP contribution in [-0.2, 0) is 4.84 Å². The Morgan fingerprint density at radius 3 is 2.44 bits per heavy atom. The Hall–Kier alpha value is -3.02. The monoisotopic (exact) mass is 370 g/mol. The van der Waals surface area contributed by atoms with Crippen molar-refractivity contribution < 1.29 is 19.0 Å². The molecule has 0 radical (unpaired) electrons. The molecule has 0 unspecified atom stereocenters. The number of hydrogen-bond acceptors (Lipinski definition) is 6. The van der Waals surface area contributed by atoms with Crippen LogP contribution in [0.15, 0.2) is 47.8 Å². The molecule has 6 nitrogen and oxygen atoms in total. The minimum atomic E-state index is 0.0674. The quantitative estimate of drug-likeness (QED) is 0.283. The highest BCUT2D eigenvalue weighted by molar-refractivity contribution is 5.98. The zero-order valence-corrected chi connectivity index (χ0v) is 16.5. The van der Waals surface area contributed by atoms with E-state index in [0.717, 1.165) is 33.9 Å². The smallest absolute Gasteiger partial charge is 0.232 e. The minimum absolute atomic E-state index is 0.0674. The number of pyridine rings is 1. The van der Waals surface area contributed by atoms with Gasteiger partial charge < -0.3 is 19.0 Å². The molecule has 0 aliphatic heterocycles. The lowest BCUT2D eigenvalue weighted by Gasteiger charge is -2.14. The first-order valence-electron chi connectivity index (χ1n) is 8.70. The van der Waals surface area contributed by atoms with Gasteiger partial charge in [-0.15, -0.1) is 0 Å². The van der Waals surface area contributed by atoms with Gasteiger partial charge >= 0.3 is 0 Å². The van der Waals surface area contributed by atoms with Gasteiger partial charge in [-0.25, -0.2) is 4.98 Å². The largest absolute Gasteiger partial charge is 0.490 e. The maximum absolute atomic E-state index is 5.79. The Bertz CT molecular complexity index is 775. The van der Waals surface area contributed by atoms with E-state index in [1.807, 2.05) is 58.0 Å². The first-order valence-corrected chi connectivity index (χ1v) is 8.70. The molecule has 0 aliphatic carbocycles. The summed E-state index contributed by atoms with van der Waals surface area (Å²) in [5, 5.41) is 3.87. The maximum Gasteiger partial charge on any atom is 0.232 e. The summed E-state index contributed by atoms with van der Waals surface area (Å²) in [6.07, 6.45) is 5.60. The van der Waals surface area contributed by atoms with Crippen molar-refractivity contribution in [2.45, 2.75) is 27.7 Å². The SMILES string of the molecule is C/C=C/COc1cc(C)c(OCOc2ccc(/C(C)=N/OC)cn2)c(C)c1. The van der Waals surface area contributed by atoms with Crippen LogP contribution in [0.25, 0.3) is 0 Å². The Kier molecular flexibility index (Phi) is 7.67. The molecule has 0 amide bonds. The molecule has 144 valence electrons. The van der Waals surface area contributed by atoms with Crippen LogP contribution < -0.4 is 14.2 Å². The molecule has 1 aromatic carbocycles. The molecule has 0 spiro atoms. The van der Waals surface area contributed by atoms with Gasteiger partial charge in [0.05, 0.1) is 5.71 Å².